The summed E-state index contributed by atoms with van der Waals surface area (Å²) in [5.41, 5.74) is 0.0445. The van der Waals surface area contributed by atoms with E-state index in [2.05, 4.69) is 4.98 Å². The van der Waals surface area contributed by atoms with Crippen LogP contribution in [0.2, 0.25) is 0 Å². The van der Waals surface area contributed by atoms with E-state index in [0.717, 1.165) is 14.8 Å². The van der Waals surface area contributed by atoms with E-state index in [-0.39, 0.29) is 30.3 Å². The third-order valence-electron chi connectivity index (χ3n) is 2.62. The fourth-order valence-corrected chi connectivity index (χ4v) is 2.71. The van der Waals surface area contributed by atoms with Crippen LogP contribution >= 0.6 is 0 Å². The monoisotopic (exact) mass is 287 g/mol. The van der Waals surface area contributed by atoms with Crippen LogP contribution in [0.3, 0.4) is 0 Å². The third-order valence-corrected chi connectivity index (χ3v) is 4.48. The Kier molecular flexibility index (Phi) is 3.33. The van der Waals surface area contributed by atoms with E-state index < -0.39 is 16.2 Å². The van der Waals surface area contributed by atoms with E-state index >= 15 is 0 Å². The molecule has 1 aromatic rings. The number of hydrogen-bond acceptors (Lipinski definition) is 5. The number of fused-ring (bicyclic) bond motifs is 1. The standard InChI is InChI=1S/C10H13N3O5S/c1-12(2)19(16,17)13-3-4-18-9-8(13)5-7(6-11-9)10(14)15/h5-6H,3-4H2,1-2H3,(H,14,15). The average molecular weight is 287 g/mol. The van der Waals surface area contributed by atoms with Crippen LogP contribution in [-0.2, 0) is 10.2 Å². The van der Waals surface area contributed by atoms with Crippen molar-refractivity contribution in [1.29, 1.82) is 0 Å². The molecular weight excluding hydrogens is 274 g/mol. The van der Waals surface area contributed by atoms with Gasteiger partial charge in [-0.05, 0) is 6.07 Å². The topological polar surface area (TPSA) is 100 Å². The number of pyridine rings is 1. The van der Waals surface area contributed by atoms with Gasteiger partial charge in [-0.2, -0.15) is 12.7 Å². The molecule has 104 valence electrons. The van der Waals surface area contributed by atoms with Gasteiger partial charge in [-0.1, -0.05) is 0 Å². The highest BCUT2D eigenvalue weighted by Crippen LogP contribution is 2.32. The van der Waals surface area contributed by atoms with Gasteiger partial charge in [0.25, 0.3) is 0 Å². The Balaban J connectivity index is 2.54. The summed E-state index contributed by atoms with van der Waals surface area (Å²) in [4.78, 5) is 14.8. The van der Waals surface area contributed by atoms with Gasteiger partial charge in [-0.15, -0.1) is 0 Å². The van der Waals surface area contributed by atoms with Crippen molar-refractivity contribution in [2.75, 3.05) is 31.6 Å². The molecule has 0 saturated heterocycles. The number of anilines is 1. The minimum atomic E-state index is -3.70. The Morgan fingerprint density at radius 1 is 1.53 bits per heavy atom. The summed E-state index contributed by atoms with van der Waals surface area (Å²) in [6.45, 7) is 0.276. The van der Waals surface area contributed by atoms with Crippen LogP contribution in [-0.4, -0.2) is 56.0 Å². The van der Waals surface area contributed by atoms with Crippen molar-refractivity contribution in [3.63, 3.8) is 0 Å². The molecule has 9 heteroatoms. The molecule has 0 unspecified atom stereocenters. The highest BCUT2D eigenvalue weighted by atomic mass is 32.2. The first-order valence-corrected chi connectivity index (χ1v) is 6.80. The number of rotatable bonds is 3. The normalized spacial score (nSPS) is 15.0. The Morgan fingerprint density at radius 2 is 2.21 bits per heavy atom. The lowest BCUT2D eigenvalue weighted by molar-refractivity contribution is 0.0696. The molecule has 0 aromatic carbocycles. The number of carboxylic acid groups (broad SMARTS) is 1. The number of nitrogens with zero attached hydrogens (tertiary/aromatic N) is 3. The van der Waals surface area contributed by atoms with Crippen LogP contribution in [0.4, 0.5) is 5.69 Å². The fraction of sp³-hybridized carbons (Fsp3) is 0.400. The molecule has 0 atom stereocenters. The van der Waals surface area contributed by atoms with Gasteiger partial charge in [0.15, 0.2) is 0 Å². The zero-order chi connectivity index (χ0) is 14.2. The molecule has 1 aliphatic rings. The molecule has 19 heavy (non-hydrogen) atoms. The van der Waals surface area contributed by atoms with Crippen LogP contribution in [0.5, 0.6) is 5.88 Å². The average Bonchev–Trinajstić information content (AvgIpc) is 2.36. The molecular formula is C10H13N3O5S. The van der Waals surface area contributed by atoms with E-state index in [1.165, 1.54) is 20.2 Å². The van der Waals surface area contributed by atoms with Crippen molar-refractivity contribution >= 4 is 21.9 Å². The van der Waals surface area contributed by atoms with E-state index in [4.69, 9.17) is 9.84 Å². The Bertz CT molecular complexity index is 614. The molecule has 0 bridgehead atoms. The summed E-state index contributed by atoms with van der Waals surface area (Å²) in [7, 11) is -0.899. The summed E-state index contributed by atoms with van der Waals surface area (Å²) < 4.78 is 31.7. The van der Waals surface area contributed by atoms with Crippen LogP contribution < -0.4 is 9.04 Å². The quantitative estimate of drug-likeness (QED) is 0.825. The highest BCUT2D eigenvalue weighted by molar-refractivity contribution is 7.90. The van der Waals surface area contributed by atoms with Crippen molar-refractivity contribution in [1.82, 2.24) is 9.29 Å². The van der Waals surface area contributed by atoms with Crippen LogP contribution in [0, 0.1) is 0 Å². The van der Waals surface area contributed by atoms with Gasteiger partial charge in [0.1, 0.15) is 12.3 Å². The molecule has 1 aromatic heterocycles. The third kappa shape index (κ3) is 2.34. The van der Waals surface area contributed by atoms with Gasteiger partial charge in [0.2, 0.25) is 5.88 Å². The molecule has 0 aliphatic carbocycles. The van der Waals surface area contributed by atoms with Gasteiger partial charge in [0.05, 0.1) is 12.1 Å². The van der Waals surface area contributed by atoms with Crippen molar-refractivity contribution in [2.24, 2.45) is 0 Å². The zero-order valence-corrected chi connectivity index (χ0v) is 11.2. The predicted octanol–water partition coefficient (Wildman–Crippen LogP) is -0.215. The van der Waals surface area contributed by atoms with Crippen LogP contribution in [0.25, 0.3) is 0 Å². The second-order valence-corrected chi connectivity index (χ2v) is 6.13. The summed E-state index contributed by atoms with van der Waals surface area (Å²) >= 11 is 0. The molecule has 2 rings (SSSR count). The smallest absolute Gasteiger partial charge is 0.337 e. The molecule has 0 spiro atoms. The number of ether oxygens (including phenoxy) is 1. The largest absolute Gasteiger partial charge is 0.478 e. The van der Waals surface area contributed by atoms with Gasteiger partial charge < -0.3 is 9.84 Å². The summed E-state index contributed by atoms with van der Waals surface area (Å²) in [5, 5.41) is 8.93. The number of hydrogen-bond donors (Lipinski definition) is 1. The van der Waals surface area contributed by atoms with Crippen LogP contribution in [0.1, 0.15) is 10.4 Å². The maximum absolute atomic E-state index is 12.2. The second-order valence-electron chi connectivity index (χ2n) is 4.06. The van der Waals surface area contributed by atoms with E-state index in [1.54, 1.807) is 0 Å². The minimum Gasteiger partial charge on any atom is -0.478 e. The van der Waals surface area contributed by atoms with Crippen molar-refractivity contribution < 1.29 is 23.1 Å². The van der Waals surface area contributed by atoms with E-state index in [1.807, 2.05) is 0 Å². The lowest BCUT2D eigenvalue weighted by Gasteiger charge is -2.31. The Hall–Kier alpha value is -1.87. The van der Waals surface area contributed by atoms with Crippen molar-refractivity contribution in [3.05, 3.63) is 17.8 Å². The molecule has 0 radical (unpaired) electrons. The predicted molar refractivity (Wildman–Crippen MR) is 66.6 cm³/mol. The Morgan fingerprint density at radius 3 is 2.79 bits per heavy atom. The van der Waals surface area contributed by atoms with Gasteiger partial charge >= 0.3 is 16.2 Å². The second kappa shape index (κ2) is 4.67. The van der Waals surface area contributed by atoms with Crippen LogP contribution in [0.15, 0.2) is 12.3 Å². The fourth-order valence-electron chi connectivity index (χ4n) is 1.63. The first-order valence-electron chi connectivity index (χ1n) is 5.40. The van der Waals surface area contributed by atoms with E-state index in [0.29, 0.717) is 0 Å². The first kappa shape index (κ1) is 13.6. The lowest BCUT2D eigenvalue weighted by Crippen LogP contribution is -2.44. The molecule has 0 saturated carbocycles. The zero-order valence-electron chi connectivity index (χ0n) is 10.4. The van der Waals surface area contributed by atoms with Crippen molar-refractivity contribution in [2.45, 2.75) is 0 Å². The summed E-state index contributed by atoms with van der Waals surface area (Å²) in [6, 6.07) is 1.24. The number of aromatic carboxylic acids is 1. The Labute approximate surface area is 110 Å². The maximum Gasteiger partial charge on any atom is 0.337 e. The molecule has 1 aliphatic heterocycles. The molecule has 0 amide bonds. The molecule has 2 heterocycles. The number of aromatic nitrogens is 1. The van der Waals surface area contributed by atoms with Gasteiger partial charge in [-0.25, -0.2) is 14.1 Å². The van der Waals surface area contributed by atoms with E-state index in [9.17, 15) is 13.2 Å². The maximum atomic E-state index is 12.2. The lowest BCUT2D eigenvalue weighted by atomic mass is 10.2. The first-order chi connectivity index (χ1) is 8.84. The molecule has 8 nitrogen and oxygen atoms in total. The number of carboxylic acids is 1. The molecule has 0 fully saturated rings. The summed E-state index contributed by atoms with van der Waals surface area (Å²) in [6.07, 6.45) is 1.13. The summed E-state index contributed by atoms with van der Waals surface area (Å²) in [5.74, 6) is -1.07. The van der Waals surface area contributed by atoms with Crippen molar-refractivity contribution in [3.8, 4) is 5.88 Å². The highest BCUT2D eigenvalue weighted by Gasteiger charge is 2.31. The minimum absolute atomic E-state index is 0.0943. The SMILES string of the molecule is CN(C)S(=O)(=O)N1CCOc2ncc(C(=O)O)cc21. The van der Waals surface area contributed by atoms with Gasteiger partial charge in [0, 0.05) is 20.3 Å². The number of carbonyl (C=O) groups is 1. The van der Waals surface area contributed by atoms with Gasteiger partial charge in [-0.3, -0.25) is 0 Å². The molecule has 1 N–H and O–H groups in total.